The molecule has 0 saturated carbocycles. The van der Waals surface area contributed by atoms with E-state index in [-0.39, 0.29) is 12.4 Å². The summed E-state index contributed by atoms with van der Waals surface area (Å²) in [5.41, 5.74) is 2.76. The van der Waals surface area contributed by atoms with Crippen LogP contribution in [0.1, 0.15) is 33.6 Å². The lowest BCUT2D eigenvalue weighted by Crippen LogP contribution is -2.60. The Morgan fingerprint density at radius 1 is 1.29 bits per heavy atom. The van der Waals surface area contributed by atoms with E-state index in [4.69, 9.17) is 44.3 Å². The van der Waals surface area contributed by atoms with Crippen molar-refractivity contribution >= 4 is 59.1 Å². The van der Waals surface area contributed by atoms with E-state index in [1.165, 1.54) is 11.9 Å². The first-order valence-electron chi connectivity index (χ1n) is 8.66. The van der Waals surface area contributed by atoms with Gasteiger partial charge in [-0.05, 0) is 25.7 Å². The molecule has 1 fully saturated rings. The van der Waals surface area contributed by atoms with Crippen LogP contribution in [-0.4, -0.2) is 64.4 Å². The maximum absolute atomic E-state index is 12.6. The minimum atomic E-state index is -1.73. The number of hydrogen-bond acceptors (Lipinski definition) is 7. The van der Waals surface area contributed by atoms with E-state index in [1.807, 2.05) is 0 Å². The van der Waals surface area contributed by atoms with Crippen LogP contribution in [0.5, 0.6) is 0 Å². The maximum atomic E-state index is 12.6. The Morgan fingerprint density at radius 3 is 2.46 bits per heavy atom. The summed E-state index contributed by atoms with van der Waals surface area (Å²) >= 11 is 16.7. The summed E-state index contributed by atoms with van der Waals surface area (Å²) in [4.78, 5) is 47.4. The number of halogens is 3. The van der Waals surface area contributed by atoms with E-state index in [9.17, 15) is 19.2 Å². The largest absolute Gasteiger partial charge is 0.460 e. The molecule has 0 aliphatic carbocycles. The second-order valence-electron chi connectivity index (χ2n) is 6.66. The van der Waals surface area contributed by atoms with E-state index in [2.05, 4.69) is 10.7 Å². The molecule has 0 unspecified atom stereocenters. The van der Waals surface area contributed by atoms with Gasteiger partial charge in [-0.2, -0.15) is 0 Å². The van der Waals surface area contributed by atoms with E-state index < -0.39 is 46.4 Å². The number of nitrogens with zero attached hydrogens (tertiary/aromatic N) is 1. The molecule has 0 bridgehead atoms. The van der Waals surface area contributed by atoms with Crippen LogP contribution in [0.2, 0.25) is 0 Å². The predicted octanol–water partition coefficient (Wildman–Crippen LogP) is 1.10. The van der Waals surface area contributed by atoms with Crippen LogP contribution >= 0.6 is 34.8 Å². The predicted molar refractivity (Wildman–Crippen MR) is 102 cm³/mol. The minimum absolute atomic E-state index is 0.191. The third-order valence-corrected chi connectivity index (χ3v) is 4.24. The Bertz CT molecular complexity index is 584. The van der Waals surface area contributed by atoms with Crippen LogP contribution in [0.25, 0.3) is 0 Å². The number of carbonyl (C=O) groups is 4. The van der Waals surface area contributed by atoms with Crippen LogP contribution in [0.15, 0.2) is 0 Å². The zero-order chi connectivity index (χ0) is 21.5. The molecule has 1 heterocycles. The summed E-state index contributed by atoms with van der Waals surface area (Å²) in [6.07, 6.45) is -0.0338. The summed E-state index contributed by atoms with van der Waals surface area (Å²) in [7, 11) is 0. The fourth-order valence-electron chi connectivity index (χ4n) is 2.54. The molecule has 2 amide bonds. The monoisotopic (exact) mass is 459 g/mol. The highest BCUT2D eigenvalue weighted by Gasteiger charge is 2.34. The number of nitrogens with one attached hydrogen (secondary N) is 2. The first kappa shape index (κ1) is 24.7. The van der Waals surface area contributed by atoms with E-state index in [0.717, 1.165) is 0 Å². The fourth-order valence-corrected chi connectivity index (χ4v) is 2.70. The Labute approximate surface area is 178 Å². The van der Waals surface area contributed by atoms with Gasteiger partial charge < -0.3 is 14.8 Å². The van der Waals surface area contributed by atoms with E-state index in [1.54, 1.807) is 13.8 Å². The number of esters is 1. The van der Waals surface area contributed by atoms with Crippen LogP contribution in [0.3, 0.4) is 0 Å². The molecule has 0 radical (unpaired) electrons. The number of rotatable bonds is 8. The zero-order valence-electron chi connectivity index (χ0n) is 15.7. The van der Waals surface area contributed by atoms with Crippen molar-refractivity contribution in [3.8, 4) is 0 Å². The third kappa shape index (κ3) is 7.98. The molecule has 2 N–H and O–H groups in total. The summed E-state index contributed by atoms with van der Waals surface area (Å²) < 4.78 is 7.97. The standard InChI is InChI=1S/C16H24Cl3N3O6/c1-9(2)12(28-8-23)13(24)20-10(3)14(25)22-6-4-5-11(21-22)15(26)27-7-16(17,18)19/h8-12,21H,4-7H2,1-3H3,(H,20,24)/t10-,11-,12-/m0/s1. The van der Waals surface area contributed by atoms with Gasteiger partial charge in [0, 0.05) is 6.54 Å². The first-order valence-corrected chi connectivity index (χ1v) is 9.80. The average molecular weight is 461 g/mol. The number of hydrogen-bond donors (Lipinski definition) is 2. The van der Waals surface area contributed by atoms with Crippen LogP contribution < -0.4 is 10.7 Å². The molecule has 0 aromatic rings. The van der Waals surface area contributed by atoms with Gasteiger partial charge in [0.25, 0.3) is 18.3 Å². The molecule has 3 atom stereocenters. The molecule has 1 saturated heterocycles. The summed E-state index contributed by atoms with van der Waals surface area (Å²) in [5, 5.41) is 3.75. The SMILES string of the molecule is CC(C)[C@H](OC=O)C(=O)N[C@@H](C)C(=O)N1CCC[C@@H](C(=O)OCC(Cl)(Cl)Cl)N1. The van der Waals surface area contributed by atoms with Crippen molar-refractivity contribution in [3.63, 3.8) is 0 Å². The lowest BCUT2D eigenvalue weighted by Gasteiger charge is -2.34. The van der Waals surface area contributed by atoms with Gasteiger partial charge in [-0.3, -0.25) is 24.2 Å². The van der Waals surface area contributed by atoms with Gasteiger partial charge in [-0.15, -0.1) is 0 Å². The number of amides is 2. The Kier molecular flexibility index (Phi) is 9.76. The molecule has 160 valence electrons. The molecule has 0 aromatic carbocycles. The third-order valence-electron chi connectivity index (χ3n) is 3.91. The Balaban J connectivity index is 2.63. The maximum Gasteiger partial charge on any atom is 0.325 e. The van der Waals surface area contributed by atoms with Gasteiger partial charge in [0.1, 0.15) is 18.7 Å². The van der Waals surface area contributed by atoms with Crippen molar-refractivity contribution in [2.24, 2.45) is 5.92 Å². The summed E-state index contributed by atoms with van der Waals surface area (Å²) in [6, 6.07) is -1.69. The lowest BCUT2D eigenvalue weighted by atomic mass is 10.1. The smallest absolute Gasteiger partial charge is 0.325 e. The molecule has 0 aromatic heterocycles. The molecule has 12 heteroatoms. The van der Waals surface area contributed by atoms with Crippen molar-refractivity contribution < 1.29 is 28.7 Å². The molecule has 0 spiro atoms. The average Bonchev–Trinajstić information content (AvgIpc) is 2.62. The molecule has 28 heavy (non-hydrogen) atoms. The molecule has 1 rings (SSSR count). The number of alkyl halides is 3. The van der Waals surface area contributed by atoms with Crippen molar-refractivity contribution in [3.05, 3.63) is 0 Å². The van der Waals surface area contributed by atoms with Crippen molar-refractivity contribution in [2.75, 3.05) is 13.2 Å². The van der Waals surface area contributed by atoms with Gasteiger partial charge >= 0.3 is 5.97 Å². The van der Waals surface area contributed by atoms with Gasteiger partial charge in [-0.1, -0.05) is 48.7 Å². The van der Waals surface area contributed by atoms with Gasteiger partial charge in [0.05, 0.1) is 0 Å². The van der Waals surface area contributed by atoms with Crippen molar-refractivity contribution in [1.82, 2.24) is 15.8 Å². The molecular formula is C16H24Cl3N3O6. The lowest BCUT2D eigenvalue weighted by molar-refractivity contribution is -0.153. The van der Waals surface area contributed by atoms with Crippen molar-refractivity contribution in [2.45, 2.75) is 55.6 Å². The van der Waals surface area contributed by atoms with Crippen LogP contribution in [0.4, 0.5) is 0 Å². The highest BCUT2D eigenvalue weighted by molar-refractivity contribution is 6.67. The van der Waals surface area contributed by atoms with E-state index >= 15 is 0 Å². The second-order valence-corrected chi connectivity index (χ2v) is 9.18. The molecule has 1 aliphatic rings. The highest BCUT2D eigenvalue weighted by atomic mass is 35.6. The summed E-state index contributed by atoms with van der Waals surface area (Å²) in [6.45, 7) is 5.02. The normalized spacial score (nSPS) is 19.5. The number of hydrazine groups is 1. The van der Waals surface area contributed by atoms with Gasteiger partial charge in [0.15, 0.2) is 6.10 Å². The Hall–Kier alpha value is -1.29. The quantitative estimate of drug-likeness (QED) is 0.317. The van der Waals surface area contributed by atoms with Gasteiger partial charge in [-0.25, -0.2) is 5.43 Å². The number of carbonyl (C=O) groups excluding carboxylic acids is 4. The van der Waals surface area contributed by atoms with Gasteiger partial charge in [0.2, 0.25) is 3.79 Å². The zero-order valence-corrected chi connectivity index (χ0v) is 18.0. The minimum Gasteiger partial charge on any atom is -0.460 e. The Morgan fingerprint density at radius 2 is 1.93 bits per heavy atom. The van der Waals surface area contributed by atoms with Crippen molar-refractivity contribution in [1.29, 1.82) is 0 Å². The molecular weight excluding hydrogens is 437 g/mol. The fraction of sp³-hybridized carbons (Fsp3) is 0.750. The topological polar surface area (TPSA) is 114 Å². The van der Waals surface area contributed by atoms with Crippen LogP contribution in [0, 0.1) is 5.92 Å². The first-order chi connectivity index (χ1) is 13.0. The van der Waals surface area contributed by atoms with E-state index in [0.29, 0.717) is 19.4 Å². The van der Waals surface area contributed by atoms with Crippen LogP contribution in [-0.2, 0) is 28.7 Å². The highest BCUT2D eigenvalue weighted by Crippen LogP contribution is 2.26. The number of ether oxygens (including phenoxy) is 2. The molecule has 9 nitrogen and oxygen atoms in total. The second kappa shape index (κ2) is 11.0. The molecule has 1 aliphatic heterocycles. The summed E-state index contributed by atoms with van der Waals surface area (Å²) in [5.74, 6) is -1.96.